The molecule has 0 saturated heterocycles. The van der Waals surface area contributed by atoms with Gasteiger partial charge in [-0.3, -0.25) is 0 Å². The zero-order valence-corrected chi connectivity index (χ0v) is 12.5. The van der Waals surface area contributed by atoms with Gasteiger partial charge in [0.2, 0.25) is 0 Å². The number of alkyl halides is 1. The minimum absolute atomic E-state index is 0.216. The van der Waals surface area contributed by atoms with Gasteiger partial charge in [0.1, 0.15) is 11.1 Å². The highest BCUT2D eigenvalue weighted by molar-refractivity contribution is 9.10. The summed E-state index contributed by atoms with van der Waals surface area (Å²) in [6, 6.07) is 5.76. The van der Waals surface area contributed by atoms with Crippen LogP contribution < -0.4 is 0 Å². The lowest BCUT2D eigenvalue weighted by molar-refractivity contribution is 0.495. The van der Waals surface area contributed by atoms with E-state index in [1.54, 1.807) is 11.3 Å². The third kappa shape index (κ3) is 2.49. The molecule has 0 amide bonds. The van der Waals surface area contributed by atoms with Gasteiger partial charge in [0.05, 0.1) is 0 Å². The Morgan fingerprint density at radius 2 is 2.13 bits per heavy atom. The maximum atomic E-state index is 6.31. The molecule has 1 nitrogen and oxygen atoms in total. The first kappa shape index (κ1) is 11.7. The SMILES string of the molecule is Cc1sc(C(Cl)c2ccc(Br)o2)cc1Br. The fourth-order valence-corrected chi connectivity index (χ4v) is 3.39. The van der Waals surface area contributed by atoms with E-state index >= 15 is 0 Å². The van der Waals surface area contributed by atoms with Gasteiger partial charge in [-0.1, -0.05) is 0 Å². The second kappa shape index (κ2) is 4.62. The molecule has 5 heteroatoms. The fraction of sp³-hybridized carbons (Fsp3) is 0.200. The Morgan fingerprint density at radius 3 is 2.60 bits per heavy atom. The summed E-state index contributed by atoms with van der Waals surface area (Å²) in [6.45, 7) is 2.06. The molecule has 0 N–H and O–H groups in total. The molecule has 0 saturated carbocycles. The molecule has 0 aliphatic carbocycles. The first-order chi connectivity index (χ1) is 7.08. The van der Waals surface area contributed by atoms with Crippen LogP contribution in [-0.2, 0) is 0 Å². The predicted molar refractivity (Wildman–Crippen MR) is 70.9 cm³/mol. The standard InChI is InChI=1S/C10H7Br2ClOS/c1-5-6(11)4-8(15-5)10(13)7-2-3-9(12)14-7/h2-4,10H,1H3. The monoisotopic (exact) mass is 368 g/mol. The lowest BCUT2D eigenvalue weighted by Gasteiger charge is -2.01. The highest BCUT2D eigenvalue weighted by atomic mass is 79.9. The van der Waals surface area contributed by atoms with Crippen molar-refractivity contribution in [1.29, 1.82) is 0 Å². The zero-order chi connectivity index (χ0) is 11.0. The fourth-order valence-electron chi connectivity index (χ4n) is 1.21. The predicted octanol–water partition coefficient (Wildman–Crippen LogP) is 5.50. The van der Waals surface area contributed by atoms with Crippen LogP contribution >= 0.6 is 54.8 Å². The third-order valence-electron chi connectivity index (χ3n) is 1.97. The van der Waals surface area contributed by atoms with Crippen LogP contribution in [0.4, 0.5) is 0 Å². The lowest BCUT2D eigenvalue weighted by atomic mass is 10.3. The second-order valence-electron chi connectivity index (χ2n) is 3.06. The molecule has 0 spiro atoms. The van der Waals surface area contributed by atoms with Gasteiger partial charge < -0.3 is 4.42 Å². The van der Waals surface area contributed by atoms with Gasteiger partial charge in [-0.05, 0) is 57.0 Å². The molecule has 2 aromatic rings. The molecule has 1 atom stereocenters. The summed E-state index contributed by atoms with van der Waals surface area (Å²) in [6.07, 6.45) is 0. The van der Waals surface area contributed by atoms with Crippen LogP contribution in [0.25, 0.3) is 0 Å². The Bertz CT molecular complexity index is 458. The lowest BCUT2D eigenvalue weighted by Crippen LogP contribution is -1.85. The molecule has 0 radical (unpaired) electrons. The highest BCUT2D eigenvalue weighted by Gasteiger charge is 2.17. The normalized spacial score (nSPS) is 13.1. The van der Waals surface area contributed by atoms with E-state index in [4.69, 9.17) is 16.0 Å². The topological polar surface area (TPSA) is 13.1 Å². The number of halogens is 3. The van der Waals surface area contributed by atoms with E-state index in [1.807, 2.05) is 18.2 Å². The highest BCUT2D eigenvalue weighted by Crippen LogP contribution is 2.38. The van der Waals surface area contributed by atoms with Gasteiger partial charge in [-0.25, -0.2) is 0 Å². The smallest absolute Gasteiger partial charge is 0.169 e. The minimum Gasteiger partial charge on any atom is -0.452 e. The zero-order valence-electron chi connectivity index (χ0n) is 7.76. The van der Waals surface area contributed by atoms with Gasteiger partial charge in [0.15, 0.2) is 4.67 Å². The van der Waals surface area contributed by atoms with Gasteiger partial charge in [0.25, 0.3) is 0 Å². The van der Waals surface area contributed by atoms with E-state index < -0.39 is 0 Å². The molecule has 2 heterocycles. The second-order valence-corrected chi connectivity index (χ2v) is 6.42. The van der Waals surface area contributed by atoms with Crippen molar-refractivity contribution in [1.82, 2.24) is 0 Å². The Hall–Kier alpha value is 0.230. The van der Waals surface area contributed by atoms with E-state index in [2.05, 4.69) is 38.8 Å². The molecule has 80 valence electrons. The summed E-state index contributed by atoms with van der Waals surface area (Å²) in [5.74, 6) is 0.761. The number of hydrogen-bond donors (Lipinski definition) is 0. The first-order valence-electron chi connectivity index (χ1n) is 4.23. The first-order valence-corrected chi connectivity index (χ1v) is 7.07. The summed E-state index contributed by atoms with van der Waals surface area (Å²) >= 11 is 14.7. The van der Waals surface area contributed by atoms with E-state index in [0.29, 0.717) is 4.67 Å². The van der Waals surface area contributed by atoms with Crippen LogP contribution in [-0.4, -0.2) is 0 Å². The Labute approximate surface area is 114 Å². The number of thiophene rings is 1. The van der Waals surface area contributed by atoms with Crippen molar-refractivity contribution in [3.05, 3.63) is 42.9 Å². The van der Waals surface area contributed by atoms with E-state index in [9.17, 15) is 0 Å². The average Bonchev–Trinajstić information content (AvgIpc) is 2.74. The van der Waals surface area contributed by atoms with Crippen molar-refractivity contribution in [3.63, 3.8) is 0 Å². The van der Waals surface area contributed by atoms with Crippen molar-refractivity contribution in [3.8, 4) is 0 Å². The summed E-state index contributed by atoms with van der Waals surface area (Å²) in [5.41, 5.74) is 0. The molecule has 0 aromatic carbocycles. The van der Waals surface area contributed by atoms with Crippen LogP contribution in [0.1, 0.15) is 20.9 Å². The molecule has 2 rings (SSSR count). The van der Waals surface area contributed by atoms with Crippen molar-refractivity contribution in [2.75, 3.05) is 0 Å². The van der Waals surface area contributed by atoms with Crippen molar-refractivity contribution in [2.24, 2.45) is 0 Å². The average molecular weight is 370 g/mol. The van der Waals surface area contributed by atoms with Crippen LogP contribution in [0.15, 0.2) is 31.8 Å². The maximum Gasteiger partial charge on any atom is 0.169 e. The Kier molecular flexibility index (Phi) is 3.60. The Morgan fingerprint density at radius 1 is 1.40 bits per heavy atom. The number of furan rings is 1. The molecule has 15 heavy (non-hydrogen) atoms. The summed E-state index contributed by atoms with van der Waals surface area (Å²) in [7, 11) is 0. The molecule has 0 bridgehead atoms. The molecule has 0 fully saturated rings. The van der Waals surface area contributed by atoms with Crippen LogP contribution in [0.3, 0.4) is 0 Å². The number of rotatable bonds is 2. The molecule has 0 aliphatic heterocycles. The van der Waals surface area contributed by atoms with Gasteiger partial charge >= 0.3 is 0 Å². The van der Waals surface area contributed by atoms with Crippen LogP contribution in [0, 0.1) is 6.92 Å². The van der Waals surface area contributed by atoms with Crippen LogP contribution in [0.5, 0.6) is 0 Å². The molecule has 2 aromatic heterocycles. The third-order valence-corrected chi connectivity index (χ3v) is 5.18. The van der Waals surface area contributed by atoms with E-state index in [-0.39, 0.29) is 5.38 Å². The van der Waals surface area contributed by atoms with Gasteiger partial charge in [-0.2, -0.15) is 0 Å². The van der Waals surface area contributed by atoms with Crippen molar-refractivity contribution < 1.29 is 4.42 Å². The number of hydrogen-bond acceptors (Lipinski definition) is 2. The summed E-state index contributed by atoms with van der Waals surface area (Å²) < 4.78 is 7.23. The molecule has 0 aliphatic rings. The molecular weight excluding hydrogens is 363 g/mol. The maximum absolute atomic E-state index is 6.31. The number of aryl methyl sites for hydroxylation is 1. The van der Waals surface area contributed by atoms with Crippen LogP contribution in [0.2, 0.25) is 0 Å². The Balaban J connectivity index is 2.31. The summed E-state index contributed by atoms with van der Waals surface area (Å²) in [4.78, 5) is 2.31. The van der Waals surface area contributed by atoms with Gasteiger partial charge in [0, 0.05) is 14.2 Å². The molecular formula is C10H7Br2ClOS. The van der Waals surface area contributed by atoms with E-state index in [0.717, 1.165) is 15.1 Å². The largest absolute Gasteiger partial charge is 0.452 e. The quantitative estimate of drug-likeness (QED) is 0.636. The van der Waals surface area contributed by atoms with Gasteiger partial charge in [-0.15, -0.1) is 22.9 Å². The summed E-state index contributed by atoms with van der Waals surface area (Å²) in [5, 5.41) is -0.216. The minimum atomic E-state index is -0.216. The van der Waals surface area contributed by atoms with E-state index in [1.165, 1.54) is 4.88 Å². The van der Waals surface area contributed by atoms with Crippen molar-refractivity contribution in [2.45, 2.75) is 12.3 Å². The molecule has 1 unspecified atom stereocenters. The van der Waals surface area contributed by atoms with Crippen molar-refractivity contribution >= 4 is 54.8 Å².